The molecule has 6 nitrogen and oxygen atoms in total. The summed E-state index contributed by atoms with van der Waals surface area (Å²) >= 11 is 0. The summed E-state index contributed by atoms with van der Waals surface area (Å²) < 4.78 is 11.1. The molecule has 3 aromatic rings. The topological polar surface area (TPSA) is 85.6 Å². The van der Waals surface area contributed by atoms with Crippen LogP contribution in [0.5, 0.6) is 5.75 Å². The van der Waals surface area contributed by atoms with E-state index in [0.717, 1.165) is 16.9 Å². The summed E-state index contributed by atoms with van der Waals surface area (Å²) in [4.78, 5) is 12.0. The summed E-state index contributed by atoms with van der Waals surface area (Å²) in [5.74, 6) is 0.697. The van der Waals surface area contributed by atoms with Crippen molar-refractivity contribution in [3.05, 3.63) is 78.4 Å². The van der Waals surface area contributed by atoms with Crippen LogP contribution in [-0.4, -0.2) is 11.7 Å². The lowest BCUT2D eigenvalue weighted by Gasteiger charge is -2.20. The minimum atomic E-state index is -0.557. The van der Waals surface area contributed by atoms with Crippen molar-refractivity contribution in [3.63, 3.8) is 0 Å². The number of nitrogens with two attached hydrogens (primary N) is 1. The molecule has 0 unspecified atom stereocenters. The fraction of sp³-hybridized carbons (Fsp3) is 0.208. The third kappa shape index (κ3) is 6.44. The number of benzene rings is 3. The molecule has 0 saturated carbocycles. The Kier molecular flexibility index (Phi) is 6.47. The molecule has 0 aliphatic heterocycles. The van der Waals surface area contributed by atoms with Crippen molar-refractivity contribution in [3.8, 4) is 5.75 Å². The number of nitrogen functional groups attached to an aromatic ring is 1. The fourth-order valence-electron chi connectivity index (χ4n) is 2.74. The largest absolute Gasteiger partial charge is 0.489 e. The smallest absolute Gasteiger partial charge is 0.412 e. The van der Waals surface area contributed by atoms with E-state index in [1.165, 1.54) is 0 Å². The molecule has 0 radical (unpaired) electrons. The number of amides is 1. The van der Waals surface area contributed by atoms with Gasteiger partial charge < -0.3 is 20.5 Å². The zero-order valence-corrected chi connectivity index (χ0v) is 17.4. The summed E-state index contributed by atoms with van der Waals surface area (Å²) in [7, 11) is 0. The predicted octanol–water partition coefficient (Wildman–Crippen LogP) is 5.94. The van der Waals surface area contributed by atoms with Crippen LogP contribution in [0.25, 0.3) is 0 Å². The molecule has 1 amide bonds. The normalized spacial score (nSPS) is 10.9. The molecule has 0 aliphatic rings. The van der Waals surface area contributed by atoms with E-state index in [4.69, 9.17) is 15.2 Å². The SMILES string of the molecule is CC(C)(C)OC(=O)Nc1cccc(Nc2ccc(OCc3ccccc3)cc2N)c1. The first-order valence-corrected chi connectivity index (χ1v) is 9.72. The van der Waals surface area contributed by atoms with E-state index >= 15 is 0 Å². The van der Waals surface area contributed by atoms with E-state index in [0.29, 0.717) is 23.7 Å². The second-order valence-electron chi connectivity index (χ2n) is 7.86. The Hall–Kier alpha value is -3.67. The number of nitrogens with one attached hydrogen (secondary N) is 2. The molecule has 6 heteroatoms. The van der Waals surface area contributed by atoms with Crippen molar-refractivity contribution in [2.24, 2.45) is 0 Å². The van der Waals surface area contributed by atoms with Gasteiger partial charge in [0.25, 0.3) is 0 Å². The number of hydrogen-bond acceptors (Lipinski definition) is 5. The highest BCUT2D eigenvalue weighted by Crippen LogP contribution is 2.29. The third-order valence-electron chi connectivity index (χ3n) is 4.06. The van der Waals surface area contributed by atoms with Gasteiger partial charge in [-0.25, -0.2) is 4.79 Å². The maximum absolute atomic E-state index is 12.0. The summed E-state index contributed by atoms with van der Waals surface area (Å²) in [6, 6.07) is 22.8. The lowest BCUT2D eigenvalue weighted by atomic mass is 10.2. The predicted molar refractivity (Wildman–Crippen MR) is 121 cm³/mol. The number of carbonyl (C=O) groups is 1. The van der Waals surface area contributed by atoms with Crippen molar-refractivity contribution in [1.29, 1.82) is 0 Å². The number of anilines is 4. The van der Waals surface area contributed by atoms with Crippen LogP contribution in [0.4, 0.5) is 27.5 Å². The summed E-state index contributed by atoms with van der Waals surface area (Å²) in [5.41, 5.74) is 9.44. The van der Waals surface area contributed by atoms with Gasteiger partial charge in [0, 0.05) is 17.4 Å². The first-order chi connectivity index (χ1) is 14.3. The molecule has 0 atom stereocenters. The molecule has 0 aromatic heterocycles. The number of ether oxygens (including phenoxy) is 2. The van der Waals surface area contributed by atoms with Gasteiger partial charge in [-0.15, -0.1) is 0 Å². The van der Waals surface area contributed by atoms with Gasteiger partial charge in [-0.2, -0.15) is 0 Å². The molecule has 4 N–H and O–H groups in total. The maximum Gasteiger partial charge on any atom is 0.412 e. The fourth-order valence-corrected chi connectivity index (χ4v) is 2.74. The zero-order chi connectivity index (χ0) is 21.6. The second kappa shape index (κ2) is 9.22. The van der Waals surface area contributed by atoms with Crippen LogP contribution in [-0.2, 0) is 11.3 Å². The molecule has 30 heavy (non-hydrogen) atoms. The number of rotatable bonds is 6. The highest BCUT2D eigenvalue weighted by Gasteiger charge is 2.16. The molecule has 0 heterocycles. The van der Waals surface area contributed by atoms with E-state index < -0.39 is 11.7 Å². The van der Waals surface area contributed by atoms with Gasteiger partial charge in [0.15, 0.2) is 0 Å². The lowest BCUT2D eigenvalue weighted by molar-refractivity contribution is 0.0636. The van der Waals surface area contributed by atoms with Gasteiger partial charge in [0.1, 0.15) is 18.0 Å². The Morgan fingerprint density at radius 1 is 0.933 bits per heavy atom. The van der Waals surface area contributed by atoms with E-state index in [1.807, 2.05) is 81.4 Å². The third-order valence-corrected chi connectivity index (χ3v) is 4.06. The van der Waals surface area contributed by atoms with Gasteiger partial charge in [-0.05, 0) is 56.7 Å². The molecule has 0 fully saturated rings. The van der Waals surface area contributed by atoms with Crippen molar-refractivity contribution in [2.75, 3.05) is 16.4 Å². The average molecular weight is 405 g/mol. The molecule has 156 valence electrons. The van der Waals surface area contributed by atoms with Crippen molar-refractivity contribution >= 4 is 28.8 Å². The molecular formula is C24H27N3O3. The molecular weight excluding hydrogens is 378 g/mol. The monoisotopic (exact) mass is 405 g/mol. The standard InChI is InChI=1S/C24H27N3O3/c1-24(2,3)30-23(28)27-19-11-7-10-18(14-19)26-22-13-12-20(15-21(22)25)29-16-17-8-5-4-6-9-17/h4-15,26H,16,25H2,1-3H3,(H,27,28). The van der Waals surface area contributed by atoms with Crippen LogP contribution in [0.15, 0.2) is 72.8 Å². The van der Waals surface area contributed by atoms with Crippen LogP contribution in [0.2, 0.25) is 0 Å². The van der Waals surface area contributed by atoms with Crippen molar-refractivity contribution < 1.29 is 14.3 Å². The van der Waals surface area contributed by atoms with E-state index in [9.17, 15) is 4.79 Å². The Balaban J connectivity index is 1.62. The van der Waals surface area contributed by atoms with Gasteiger partial charge in [0.05, 0.1) is 11.4 Å². The summed E-state index contributed by atoms with van der Waals surface area (Å²) in [6.07, 6.45) is -0.501. The van der Waals surface area contributed by atoms with Crippen LogP contribution in [0.1, 0.15) is 26.3 Å². The van der Waals surface area contributed by atoms with Gasteiger partial charge >= 0.3 is 6.09 Å². The van der Waals surface area contributed by atoms with E-state index in [1.54, 1.807) is 12.1 Å². The second-order valence-corrected chi connectivity index (χ2v) is 7.86. The summed E-state index contributed by atoms with van der Waals surface area (Å²) in [5, 5.41) is 5.99. The Bertz CT molecular complexity index is 998. The Morgan fingerprint density at radius 3 is 2.37 bits per heavy atom. The lowest BCUT2D eigenvalue weighted by Crippen LogP contribution is -2.27. The number of hydrogen-bond donors (Lipinski definition) is 3. The Labute approximate surface area is 177 Å². The van der Waals surface area contributed by atoms with Crippen molar-refractivity contribution in [2.45, 2.75) is 33.0 Å². The van der Waals surface area contributed by atoms with Gasteiger partial charge in [0.2, 0.25) is 0 Å². The minimum absolute atomic E-state index is 0.478. The molecule has 0 spiro atoms. The van der Waals surface area contributed by atoms with E-state index in [2.05, 4.69) is 10.6 Å². The van der Waals surface area contributed by atoms with Crippen LogP contribution in [0, 0.1) is 0 Å². The number of carbonyl (C=O) groups excluding carboxylic acids is 1. The molecule has 3 rings (SSSR count). The van der Waals surface area contributed by atoms with Crippen molar-refractivity contribution in [1.82, 2.24) is 0 Å². The average Bonchev–Trinajstić information content (AvgIpc) is 2.68. The first kappa shape index (κ1) is 21.0. The Morgan fingerprint density at radius 2 is 1.67 bits per heavy atom. The zero-order valence-electron chi connectivity index (χ0n) is 17.4. The van der Waals surface area contributed by atoms with Crippen LogP contribution < -0.4 is 21.1 Å². The van der Waals surface area contributed by atoms with Crippen LogP contribution >= 0.6 is 0 Å². The highest BCUT2D eigenvalue weighted by atomic mass is 16.6. The summed E-state index contributed by atoms with van der Waals surface area (Å²) in [6.45, 7) is 5.94. The minimum Gasteiger partial charge on any atom is -0.489 e. The van der Waals surface area contributed by atoms with Gasteiger partial charge in [-0.3, -0.25) is 5.32 Å². The molecule has 0 bridgehead atoms. The molecule has 0 aliphatic carbocycles. The highest BCUT2D eigenvalue weighted by molar-refractivity contribution is 5.86. The maximum atomic E-state index is 12.0. The van der Waals surface area contributed by atoms with Gasteiger partial charge in [-0.1, -0.05) is 36.4 Å². The van der Waals surface area contributed by atoms with E-state index in [-0.39, 0.29) is 0 Å². The quantitative estimate of drug-likeness (QED) is 0.442. The molecule has 3 aromatic carbocycles. The molecule has 0 saturated heterocycles. The first-order valence-electron chi connectivity index (χ1n) is 9.72. The van der Waals surface area contributed by atoms with Crippen LogP contribution in [0.3, 0.4) is 0 Å².